The first kappa shape index (κ1) is 27.9. The minimum absolute atomic E-state index is 0.000714. The Morgan fingerprint density at radius 2 is 1.81 bits per heavy atom. The fourth-order valence-electron chi connectivity index (χ4n) is 3.61. The Morgan fingerprint density at radius 1 is 1.11 bits per heavy atom. The van der Waals surface area contributed by atoms with Crippen molar-refractivity contribution in [2.45, 2.75) is 57.5 Å². The molecule has 1 heterocycles. The molecule has 0 spiro atoms. The van der Waals surface area contributed by atoms with Gasteiger partial charge in [0.25, 0.3) is 0 Å². The van der Waals surface area contributed by atoms with Crippen LogP contribution in [0.25, 0.3) is 10.6 Å². The number of esters is 1. The Balaban J connectivity index is 1.70. The molecule has 3 aromatic rings. The van der Waals surface area contributed by atoms with Crippen LogP contribution in [0.4, 0.5) is 13.2 Å². The number of thiazole rings is 1. The minimum atomic E-state index is -4.38. The lowest BCUT2D eigenvalue weighted by Gasteiger charge is -2.08. The van der Waals surface area contributed by atoms with E-state index >= 15 is 0 Å². The van der Waals surface area contributed by atoms with E-state index in [1.54, 1.807) is 13.0 Å². The summed E-state index contributed by atoms with van der Waals surface area (Å²) in [5.41, 5.74) is 2.31. The molecule has 0 fully saturated rings. The number of halogens is 3. The second kappa shape index (κ2) is 12.1. The number of Topliss-reactive ketones (excluding diaryl/α,β-unsaturated/α-hetero) is 1. The Bertz CT molecular complexity index is 1220. The molecule has 0 saturated heterocycles. The zero-order valence-electron chi connectivity index (χ0n) is 20.6. The highest BCUT2D eigenvalue weighted by Gasteiger charge is 2.30. The lowest BCUT2D eigenvalue weighted by atomic mass is 10.0. The molecule has 3 rings (SSSR count). The fourth-order valence-corrected chi connectivity index (χ4v) is 5.64. The molecule has 0 atom stereocenters. The number of alkyl halides is 3. The third kappa shape index (κ3) is 7.20. The van der Waals surface area contributed by atoms with Crippen molar-refractivity contribution in [3.8, 4) is 10.6 Å². The number of ketones is 1. The normalized spacial score (nSPS) is 11.7. The smallest absolute Gasteiger partial charge is 0.416 e. The molecule has 0 bridgehead atoms. The van der Waals surface area contributed by atoms with Gasteiger partial charge in [0.1, 0.15) is 5.01 Å². The molecule has 0 radical (unpaired) electrons. The number of hydrogen-bond donors (Lipinski definition) is 0. The SMILES string of the molecule is CCOC(=O)CSc1ccc(C(=O)CCc2sc(-c3ccc(C(F)(F)F)cc3)nc2C(C)C)cc1C. The molecule has 4 nitrogen and oxygen atoms in total. The van der Waals surface area contributed by atoms with E-state index < -0.39 is 11.7 Å². The molecule has 0 unspecified atom stereocenters. The zero-order chi connectivity index (χ0) is 26.5. The highest BCUT2D eigenvalue weighted by molar-refractivity contribution is 8.00. The first-order chi connectivity index (χ1) is 17.0. The van der Waals surface area contributed by atoms with Crippen molar-refractivity contribution in [1.82, 2.24) is 4.98 Å². The maximum Gasteiger partial charge on any atom is 0.416 e. The molecule has 2 aromatic carbocycles. The van der Waals surface area contributed by atoms with Crippen molar-refractivity contribution in [2.75, 3.05) is 12.4 Å². The van der Waals surface area contributed by atoms with Crippen molar-refractivity contribution in [3.63, 3.8) is 0 Å². The maximum atomic E-state index is 12.9. The lowest BCUT2D eigenvalue weighted by molar-refractivity contribution is -0.140. The summed E-state index contributed by atoms with van der Waals surface area (Å²) in [6, 6.07) is 10.4. The summed E-state index contributed by atoms with van der Waals surface area (Å²) in [5, 5.41) is 0.647. The molecule has 0 aliphatic carbocycles. The van der Waals surface area contributed by atoms with Crippen LogP contribution in [0, 0.1) is 6.92 Å². The molecule has 0 N–H and O–H groups in total. The van der Waals surface area contributed by atoms with Crippen LogP contribution in [0.15, 0.2) is 47.4 Å². The number of ether oxygens (including phenoxy) is 1. The standard InChI is InChI=1S/C27H28F3NO3S2/c1-5-34-24(33)15-35-22-12-8-19(14-17(22)4)21(32)11-13-23-25(16(2)3)31-26(36-23)18-6-9-20(10-7-18)27(28,29)30/h6-10,12,14,16H,5,11,13,15H2,1-4H3. The molecule has 0 aliphatic rings. The monoisotopic (exact) mass is 535 g/mol. The van der Waals surface area contributed by atoms with Gasteiger partial charge in [0.15, 0.2) is 5.78 Å². The Labute approximate surface area is 217 Å². The quantitative estimate of drug-likeness (QED) is 0.151. The molecule has 9 heteroatoms. The largest absolute Gasteiger partial charge is 0.465 e. The summed E-state index contributed by atoms with van der Waals surface area (Å²) >= 11 is 2.80. The number of thioether (sulfide) groups is 1. The van der Waals surface area contributed by atoms with Crippen LogP contribution in [0.5, 0.6) is 0 Å². The van der Waals surface area contributed by atoms with Crippen LogP contribution < -0.4 is 0 Å². The second-order valence-electron chi connectivity index (χ2n) is 8.55. The number of rotatable bonds is 10. The van der Waals surface area contributed by atoms with E-state index in [1.807, 2.05) is 32.9 Å². The maximum absolute atomic E-state index is 12.9. The van der Waals surface area contributed by atoms with E-state index in [0.717, 1.165) is 33.2 Å². The molecule has 192 valence electrons. The van der Waals surface area contributed by atoms with Crippen molar-refractivity contribution in [3.05, 3.63) is 69.7 Å². The number of carbonyl (C=O) groups excluding carboxylic acids is 2. The average Bonchev–Trinajstić information content (AvgIpc) is 3.26. The summed E-state index contributed by atoms with van der Waals surface area (Å²) in [4.78, 5) is 31.1. The number of aromatic nitrogens is 1. The van der Waals surface area contributed by atoms with E-state index in [4.69, 9.17) is 4.74 Å². The molecular formula is C27H28F3NO3S2. The fraction of sp³-hybridized carbons (Fsp3) is 0.370. The van der Waals surface area contributed by atoms with Crippen LogP contribution >= 0.6 is 23.1 Å². The Hall–Kier alpha value is -2.65. The summed E-state index contributed by atoms with van der Waals surface area (Å²) < 4.78 is 43.6. The molecule has 36 heavy (non-hydrogen) atoms. The van der Waals surface area contributed by atoms with Crippen LogP contribution in [0.2, 0.25) is 0 Å². The summed E-state index contributed by atoms with van der Waals surface area (Å²) in [6.07, 6.45) is -3.58. The van der Waals surface area contributed by atoms with E-state index in [2.05, 4.69) is 4.98 Å². The highest BCUT2D eigenvalue weighted by atomic mass is 32.2. The first-order valence-electron chi connectivity index (χ1n) is 11.6. The molecular weight excluding hydrogens is 507 g/mol. The van der Waals surface area contributed by atoms with Crippen molar-refractivity contribution >= 4 is 34.9 Å². The minimum Gasteiger partial charge on any atom is -0.465 e. The summed E-state index contributed by atoms with van der Waals surface area (Å²) in [5.74, 6) is 0.0574. The highest BCUT2D eigenvalue weighted by Crippen LogP contribution is 2.35. The van der Waals surface area contributed by atoms with Crippen LogP contribution in [-0.4, -0.2) is 29.1 Å². The molecule has 0 amide bonds. The first-order valence-corrected chi connectivity index (χ1v) is 13.4. The van der Waals surface area contributed by atoms with Gasteiger partial charge in [-0.3, -0.25) is 9.59 Å². The van der Waals surface area contributed by atoms with Gasteiger partial charge in [-0.15, -0.1) is 23.1 Å². The van der Waals surface area contributed by atoms with Crippen LogP contribution in [-0.2, 0) is 22.1 Å². The Morgan fingerprint density at radius 3 is 2.39 bits per heavy atom. The number of benzene rings is 2. The number of carbonyl (C=O) groups is 2. The Kier molecular flexibility index (Phi) is 9.35. The topological polar surface area (TPSA) is 56.3 Å². The average molecular weight is 536 g/mol. The van der Waals surface area contributed by atoms with Gasteiger partial charge in [0, 0.05) is 27.3 Å². The van der Waals surface area contributed by atoms with E-state index in [9.17, 15) is 22.8 Å². The van der Waals surface area contributed by atoms with Crippen molar-refractivity contribution in [2.24, 2.45) is 0 Å². The van der Waals surface area contributed by atoms with Gasteiger partial charge in [0.2, 0.25) is 0 Å². The number of hydrogen-bond acceptors (Lipinski definition) is 6. The number of aryl methyl sites for hydroxylation is 2. The third-order valence-electron chi connectivity index (χ3n) is 5.46. The van der Waals surface area contributed by atoms with Gasteiger partial charge >= 0.3 is 12.1 Å². The predicted octanol–water partition coefficient (Wildman–Crippen LogP) is 7.73. The summed E-state index contributed by atoms with van der Waals surface area (Å²) in [6.45, 7) is 8.02. The van der Waals surface area contributed by atoms with E-state index in [-0.39, 0.29) is 23.4 Å². The lowest BCUT2D eigenvalue weighted by Crippen LogP contribution is -2.07. The predicted molar refractivity (Wildman–Crippen MR) is 138 cm³/mol. The van der Waals surface area contributed by atoms with Gasteiger partial charge in [-0.25, -0.2) is 4.98 Å². The van der Waals surface area contributed by atoms with E-state index in [0.29, 0.717) is 35.6 Å². The van der Waals surface area contributed by atoms with Gasteiger partial charge in [-0.2, -0.15) is 13.2 Å². The zero-order valence-corrected chi connectivity index (χ0v) is 22.2. The second-order valence-corrected chi connectivity index (χ2v) is 10.7. The number of nitrogens with zero attached hydrogens (tertiary/aromatic N) is 1. The van der Waals surface area contributed by atoms with Gasteiger partial charge in [-0.1, -0.05) is 32.0 Å². The van der Waals surface area contributed by atoms with Crippen LogP contribution in [0.3, 0.4) is 0 Å². The molecule has 0 saturated carbocycles. The third-order valence-corrected chi connectivity index (χ3v) is 7.79. The summed E-state index contributed by atoms with van der Waals surface area (Å²) in [7, 11) is 0. The van der Waals surface area contributed by atoms with Crippen LogP contribution in [0.1, 0.15) is 65.2 Å². The molecule has 1 aromatic heterocycles. The van der Waals surface area contributed by atoms with Crippen molar-refractivity contribution in [1.29, 1.82) is 0 Å². The van der Waals surface area contributed by atoms with E-state index in [1.165, 1.54) is 35.2 Å². The van der Waals surface area contributed by atoms with Gasteiger partial charge in [0.05, 0.1) is 23.6 Å². The van der Waals surface area contributed by atoms with Gasteiger partial charge < -0.3 is 4.74 Å². The van der Waals surface area contributed by atoms with Gasteiger partial charge in [-0.05, 0) is 56.0 Å². The molecule has 0 aliphatic heterocycles. The van der Waals surface area contributed by atoms with Crippen molar-refractivity contribution < 1.29 is 27.5 Å².